The van der Waals surface area contributed by atoms with Crippen molar-refractivity contribution in [2.24, 2.45) is 0 Å². The normalized spacial score (nSPS) is 10.2. The number of ether oxygens (including phenoxy) is 1. The third-order valence-corrected chi connectivity index (χ3v) is 5.99. The Labute approximate surface area is 224 Å². The first-order valence-corrected chi connectivity index (χ1v) is 12.7. The van der Waals surface area contributed by atoms with Gasteiger partial charge in [-0.3, -0.25) is 4.79 Å². The lowest BCUT2D eigenvalue weighted by Crippen LogP contribution is -2.27. The van der Waals surface area contributed by atoms with Crippen LogP contribution in [0.1, 0.15) is 49.0 Å². The van der Waals surface area contributed by atoms with E-state index in [0.29, 0.717) is 49.2 Å². The monoisotopic (exact) mass is 595 g/mol. The molecule has 3 aromatic rings. The lowest BCUT2D eigenvalue weighted by molar-refractivity contribution is -0.120. The molecule has 0 aliphatic rings. The number of unbranched alkanes of at least 4 members (excludes halogenated alkanes) is 3. The first-order valence-electron chi connectivity index (χ1n) is 11.7. The molecule has 1 heterocycles. The minimum Gasteiger partial charge on any atom is -0.461 e. The van der Waals surface area contributed by atoms with Crippen LogP contribution in [0.2, 0.25) is 0 Å². The van der Waals surface area contributed by atoms with E-state index in [-0.39, 0.29) is 25.5 Å². The van der Waals surface area contributed by atoms with Crippen LogP contribution in [-0.2, 0) is 17.6 Å². The highest BCUT2D eigenvalue weighted by Gasteiger charge is 2.14. The molecule has 184 valence electrons. The Morgan fingerprint density at radius 3 is 2.67 bits per heavy atom. The molecule has 7 nitrogen and oxygen atoms in total. The summed E-state index contributed by atoms with van der Waals surface area (Å²) in [7, 11) is 0. The summed E-state index contributed by atoms with van der Waals surface area (Å²) >= 11 is 2.18. The molecular formula is C28H26IN3O4. The van der Waals surface area contributed by atoms with Gasteiger partial charge >= 0.3 is 0 Å². The summed E-state index contributed by atoms with van der Waals surface area (Å²) in [6.45, 7) is 0.0943. The second-order valence-corrected chi connectivity index (χ2v) is 9.21. The molecular weight excluding hydrogens is 569 g/mol. The van der Waals surface area contributed by atoms with Crippen molar-refractivity contribution >= 4 is 39.5 Å². The zero-order valence-electron chi connectivity index (χ0n) is 19.8. The second-order valence-electron chi connectivity index (χ2n) is 8.04. The van der Waals surface area contributed by atoms with Gasteiger partial charge in [0.2, 0.25) is 5.91 Å². The SMILES string of the molecule is N#CCCCC#Cc1cc(CC(=O)NCCO)cc(I)c1Oc1ccc2oc(CCCC#N)cc2c1. The van der Waals surface area contributed by atoms with E-state index in [1.54, 1.807) is 0 Å². The molecule has 8 heteroatoms. The molecule has 0 aliphatic carbocycles. The second kappa shape index (κ2) is 14.1. The van der Waals surface area contributed by atoms with E-state index in [9.17, 15) is 4.79 Å². The smallest absolute Gasteiger partial charge is 0.224 e. The number of hydrogen-bond acceptors (Lipinski definition) is 6. The highest BCUT2D eigenvalue weighted by atomic mass is 127. The van der Waals surface area contributed by atoms with E-state index >= 15 is 0 Å². The summed E-state index contributed by atoms with van der Waals surface area (Å²) in [5.41, 5.74) is 2.20. The van der Waals surface area contributed by atoms with Crippen molar-refractivity contribution in [2.45, 2.75) is 44.9 Å². The van der Waals surface area contributed by atoms with Crippen molar-refractivity contribution in [3.8, 4) is 35.5 Å². The van der Waals surface area contributed by atoms with Gasteiger partial charge in [0.1, 0.15) is 17.1 Å². The summed E-state index contributed by atoms with van der Waals surface area (Å²) in [6, 6.07) is 15.6. The van der Waals surface area contributed by atoms with Crippen LogP contribution in [0.15, 0.2) is 40.8 Å². The van der Waals surface area contributed by atoms with Crippen molar-refractivity contribution in [1.82, 2.24) is 5.32 Å². The summed E-state index contributed by atoms with van der Waals surface area (Å²) < 4.78 is 13.0. The number of amides is 1. The number of halogens is 1. The number of carbonyl (C=O) groups excluding carboxylic acids is 1. The molecule has 0 spiro atoms. The van der Waals surface area contributed by atoms with Crippen molar-refractivity contribution in [3.63, 3.8) is 0 Å². The van der Waals surface area contributed by atoms with Gasteiger partial charge in [0.15, 0.2) is 5.75 Å². The van der Waals surface area contributed by atoms with Crippen molar-refractivity contribution in [3.05, 3.63) is 56.9 Å². The number of aliphatic hydroxyl groups is 1. The first kappa shape index (κ1) is 27.1. The van der Waals surface area contributed by atoms with Crippen LogP contribution in [0.4, 0.5) is 0 Å². The molecule has 0 saturated heterocycles. The minimum atomic E-state index is -0.183. The highest BCUT2D eigenvalue weighted by Crippen LogP contribution is 2.34. The van der Waals surface area contributed by atoms with Crippen LogP contribution < -0.4 is 10.1 Å². The molecule has 36 heavy (non-hydrogen) atoms. The molecule has 2 aromatic carbocycles. The van der Waals surface area contributed by atoms with Gasteiger partial charge in [-0.05, 0) is 77.4 Å². The van der Waals surface area contributed by atoms with E-state index in [2.05, 4.69) is 51.9 Å². The molecule has 2 N–H and O–H groups in total. The van der Waals surface area contributed by atoms with Gasteiger partial charge in [0.05, 0.1) is 34.3 Å². The number of fused-ring (bicyclic) bond motifs is 1. The number of nitrogens with zero attached hydrogens (tertiary/aromatic N) is 2. The molecule has 1 aromatic heterocycles. The highest BCUT2D eigenvalue weighted by molar-refractivity contribution is 14.1. The maximum atomic E-state index is 12.2. The van der Waals surface area contributed by atoms with Crippen LogP contribution in [0, 0.1) is 38.1 Å². The van der Waals surface area contributed by atoms with Crippen molar-refractivity contribution < 1.29 is 19.1 Å². The number of hydrogen-bond donors (Lipinski definition) is 2. The molecule has 0 bridgehead atoms. The number of furan rings is 1. The number of carbonyl (C=O) groups is 1. The lowest BCUT2D eigenvalue weighted by atomic mass is 10.1. The molecule has 3 rings (SSSR count). The van der Waals surface area contributed by atoms with Gasteiger partial charge < -0.3 is 19.6 Å². The Bertz CT molecular complexity index is 1360. The largest absolute Gasteiger partial charge is 0.461 e. The Morgan fingerprint density at radius 1 is 1.08 bits per heavy atom. The average Bonchev–Trinajstić information content (AvgIpc) is 3.26. The van der Waals surface area contributed by atoms with Gasteiger partial charge in [-0.2, -0.15) is 10.5 Å². The Morgan fingerprint density at radius 2 is 1.89 bits per heavy atom. The quantitative estimate of drug-likeness (QED) is 0.175. The number of aryl methyl sites for hydroxylation is 1. The van der Waals surface area contributed by atoms with Crippen LogP contribution in [0.25, 0.3) is 11.0 Å². The van der Waals surface area contributed by atoms with Gasteiger partial charge in [-0.25, -0.2) is 0 Å². The molecule has 0 unspecified atom stereocenters. The van der Waals surface area contributed by atoms with Crippen LogP contribution in [0.3, 0.4) is 0 Å². The zero-order valence-corrected chi connectivity index (χ0v) is 21.9. The summed E-state index contributed by atoms with van der Waals surface area (Å²) in [4.78, 5) is 12.2. The molecule has 0 atom stereocenters. The van der Waals surface area contributed by atoms with Crippen LogP contribution in [0.5, 0.6) is 11.5 Å². The predicted molar refractivity (Wildman–Crippen MR) is 144 cm³/mol. The first-order chi connectivity index (χ1) is 17.5. The molecule has 0 radical (unpaired) electrons. The minimum absolute atomic E-state index is 0.113. The van der Waals surface area contributed by atoms with Crippen LogP contribution >= 0.6 is 22.6 Å². The predicted octanol–water partition coefficient (Wildman–Crippen LogP) is 5.37. The average molecular weight is 595 g/mol. The van der Waals surface area contributed by atoms with E-state index < -0.39 is 0 Å². The topological polar surface area (TPSA) is 119 Å². The summed E-state index contributed by atoms with van der Waals surface area (Å²) in [5.74, 6) is 8.14. The van der Waals surface area contributed by atoms with E-state index in [4.69, 9.17) is 24.8 Å². The zero-order chi connectivity index (χ0) is 25.8. The molecule has 0 aliphatic heterocycles. The Hall–Kier alpha value is -3.52. The Kier molecular flexibility index (Phi) is 10.6. The maximum absolute atomic E-state index is 12.2. The van der Waals surface area contributed by atoms with E-state index in [1.807, 2.05) is 36.4 Å². The maximum Gasteiger partial charge on any atom is 0.224 e. The number of aliphatic hydroxyl groups excluding tert-OH is 1. The van der Waals surface area contributed by atoms with Gasteiger partial charge in [0.25, 0.3) is 0 Å². The Balaban J connectivity index is 1.87. The third-order valence-electron chi connectivity index (χ3n) is 5.19. The third kappa shape index (κ3) is 8.02. The number of nitriles is 2. The fraction of sp³-hybridized carbons (Fsp3) is 0.321. The van der Waals surface area contributed by atoms with Gasteiger partial charge in [-0.15, -0.1) is 0 Å². The van der Waals surface area contributed by atoms with Crippen molar-refractivity contribution in [2.75, 3.05) is 13.2 Å². The lowest BCUT2D eigenvalue weighted by Gasteiger charge is -2.13. The van der Waals surface area contributed by atoms with Crippen molar-refractivity contribution in [1.29, 1.82) is 10.5 Å². The van der Waals surface area contributed by atoms with Crippen LogP contribution in [-0.4, -0.2) is 24.2 Å². The number of benzene rings is 2. The molecule has 1 amide bonds. The van der Waals surface area contributed by atoms with Gasteiger partial charge in [0, 0.05) is 37.6 Å². The number of nitrogens with one attached hydrogen (secondary N) is 1. The standard InChI is InChI=1S/C28H26IN3O4/c29-25-16-20(17-27(34)32-13-14-33)15-21(7-3-1-2-5-11-30)28(25)36-24-9-10-26-22(19-24)18-23(35-26)8-4-6-12-31/h9-10,15-16,18-19,33H,1-2,4-6,8,13-14,17H2,(H,32,34). The van der Waals surface area contributed by atoms with Gasteiger partial charge in [-0.1, -0.05) is 11.8 Å². The summed E-state index contributed by atoms with van der Waals surface area (Å²) in [5, 5.41) is 30.0. The van der Waals surface area contributed by atoms with E-state index in [0.717, 1.165) is 32.3 Å². The summed E-state index contributed by atoms with van der Waals surface area (Å²) in [6.07, 6.45) is 3.82. The fourth-order valence-electron chi connectivity index (χ4n) is 3.53. The van der Waals surface area contributed by atoms with E-state index in [1.165, 1.54) is 0 Å². The fourth-order valence-corrected chi connectivity index (χ4v) is 4.33. The molecule has 0 saturated carbocycles. The molecule has 0 fully saturated rings. The number of rotatable bonds is 11.